The van der Waals surface area contributed by atoms with Crippen molar-refractivity contribution in [3.8, 4) is 0 Å². The molecule has 0 atom stereocenters. The lowest BCUT2D eigenvalue weighted by atomic mass is 10.1. The topological polar surface area (TPSA) is 22.0 Å². The molecule has 0 amide bonds. The summed E-state index contributed by atoms with van der Waals surface area (Å²) < 4.78 is 1.69. The lowest BCUT2D eigenvalue weighted by molar-refractivity contribution is 0.904. The maximum atomic E-state index is 11.4. The minimum absolute atomic E-state index is 0.0470. The molecule has 2 aromatic rings. The molecule has 2 nitrogen and oxygen atoms in total. The highest BCUT2D eigenvalue weighted by atomic mass is 16.1. The van der Waals surface area contributed by atoms with Crippen LogP contribution in [-0.2, 0) is 13.5 Å². The van der Waals surface area contributed by atoms with E-state index in [2.05, 4.69) is 13.0 Å². The third-order valence-corrected chi connectivity index (χ3v) is 2.64. The minimum Gasteiger partial charge on any atom is -0.311 e. The van der Waals surface area contributed by atoms with Gasteiger partial charge in [-0.1, -0.05) is 19.1 Å². The van der Waals surface area contributed by atoms with Crippen LogP contribution >= 0.6 is 0 Å². The van der Waals surface area contributed by atoms with Crippen LogP contribution in [0.2, 0.25) is 0 Å². The Morgan fingerprint density at radius 3 is 2.71 bits per heavy atom. The number of hydrogen-bond acceptors (Lipinski definition) is 1. The first-order valence-corrected chi connectivity index (χ1v) is 4.81. The molecule has 72 valence electrons. The molecule has 1 aromatic carbocycles. The summed E-state index contributed by atoms with van der Waals surface area (Å²) in [5.41, 5.74) is 2.35. The molecule has 2 rings (SSSR count). The third kappa shape index (κ3) is 1.23. The van der Waals surface area contributed by atoms with Crippen molar-refractivity contribution in [2.24, 2.45) is 7.05 Å². The van der Waals surface area contributed by atoms with E-state index >= 15 is 0 Å². The monoisotopic (exact) mass is 187 g/mol. The van der Waals surface area contributed by atoms with E-state index in [0.29, 0.717) is 0 Å². The van der Waals surface area contributed by atoms with E-state index in [9.17, 15) is 4.79 Å². The van der Waals surface area contributed by atoms with E-state index < -0.39 is 0 Å². The van der Waals surface area contributed by atoms with Crippen molar-refractivity contribution in [1.29, 1.82) is 0 Å². The molecule has 1 heterocycles. The molecule has 0 spiro atoms. The standard InChI is InChI=1S/C12H13NO/c1-3-9-5-4-6-11-10(9)7-8-12(14)13(11)2/h4-8H,3H2,1-2H3. The van der Waals surface area contributed by atoms with Crippen LogP contribution in [0.25, 0.3) is 10.9 Å². The van der Waals surface area contributed by atoms with Crippen LogP contribution in [0.15, 0.2) is 35.1 Å². The lowest BCUT2D eigenvalue weighted by Gasteiger charge is -2.07. The Kier molecular flexibility index (Phi) is 2.12. The molecule has 0 aliphatic carbocycles. The summed E-state index contributed by atoms with van der Waals surface area (Å²) in [5, 5.41) is 1.18. The highest BCUT2D eigenvalue weighted by molar-refractivity contribution is 5.82. The largest absolute Gasteiger partial charge is 0.311 e. The van der Waals surface area contributed by atoms with Crippen LogP contribution in [0.1, 0.15) is 12.5 Å². The van der Waals surface area contributed by atoms with Crippen molar-refractivity contribution in [3.63, 3.8) is 0 Å². The van der Waals surface area contributed by atoms with Gasteiger partial charge in [0.1, 0.15) is 0 Å². The fourth-order valence-corrected chi connectivity index (χ4v) is 1.78. The van der Waals surface area contributed by atoms with Gasteiger partial charge in [0.15, 0.2) is 0 Å². The quantitative estimate of drug-likeness (QED) is 0.670. The van der Waals surface area contributed by atoms with E-state index in [-0.39, 0.29) is 5.56 Å². The van der Waals surface area contributed by atoms with Crippen LogP contribution < -0.4 is 5.56 Å². The van der Waals surface area contributed by atoms with Gasteiger partial charge in [0.25, 0.3) is 5.56 Å². The first-order chi connectivity index (χ1) is 6.74. The molecule has 0 fully saturated rings. The van der Waals surface area contributed by atoms with E-state index in [4.69, 9.17) is 0 Å². The molecule has 1 aromatic heterocycles. The molecule has 0 unspecified atom stereocenters. The van der Waals surface area contributed by atoms with Gasteiger partial charge in [-0.05, 0) is 24.1 Å². The van der Waals surface area contributed by atoms with Gasteiger partial charge in [-0.3, -0.25) is 4.79 Å². The van der Waals surface area contributed by atoms with E-state index in [1.54, 1.807) is 10.6 Å². The summed E-state index contributed by atoms with van der Waals surface area (Å²) in [5.74, 6) is 0. The average Bonchev–Trinajstić information content (AvgIpc) is 2.23. The maximum absolute atomic E-state index is 11.4. The Bertz CT molecular complexity index is 525. The van der Waals surface area contributed by atoms with Gasteiger partial charge in [0.05, 0.1) is 5.52 Å². The zero-order valence-electron chi connectivity index (χ0n) is 8.45. The zero-order chi connectivity index (χ0) is 10.1. The fourth-order valence-electron chi connectivity index (χ4n) is 1.78. The molecule has 14 heavy (non-hydrogen) atoms. The molecule has 0 aliphatic heterocycles. The van der Waals surface area contributed by atoms with Gasteiger partial charge >= 0.3 is 0 Å². The highest BCUT2D eigenvalue weighted by Crippen LogP contribution is 2.16. The van der Waals surface area contributed by atoms with Crippen LogP contribution in [0, 0.1) is 0 Å². The number of pyridine rings is 1. The van der Waals surface area contributed by atoms with Crippen molar-refractivity contribution in [2.45, 2.75) is 13.3 Å². The smallest absolute Gasteiger partial charge is 0.250 e. The Balaban J connectivity index is 2.93. The Morgan fingerprint density at radius 2 is 2.00 bits per heavy atom. The second kappa shape index (κ2) is 3.29. The summed E-state index contributed by atoms with van der Waals surface area (Å²) in [4.78, 5) is 11.4. The van der Waals surface area contributed by atoms with Crippen LogP contribution in [0.3, 0.4) is 0 Å². The van der Waals surface area contributed by atoms with Crippen molar-refractivity contribution in [3.05, 3.63) is 46.2 Å². The summed E-state index contributed by atoms with van der Waals surface area (Å²) in [7, 11) is 1.81. The Morgan fingerprint density at radius 1 is 1.21 bits per heavy atom. The normalized spacial score (nSPS) is 10.7. The minimum atomic E-state index is 0.0470. The predicted octanol–water partition coefficient (Wildman–Crippen LogP) is 2.10. The van der Waals surface area contributed by atoms with Gasteiger partial charge in [-0.25, -0.2) is 0 Å². The van der Waals surface area contributed by atoms with Gasteiger partial charge in [0.2, 0.25) is 0 Å². The third-order valence-electron chi connectivity index (χ3n) is 2.64. The molecular weight excluding hydrogens is 174 g/mol. The molecule has 2 heteroatoms. The van der Waals surface area contributed by atoms with E-state index in [0.717, 1.165) is 11.9 Å². The van der Waals surface area contributed by atoms with Crippen molar-refractivity contribution >= 4 is 10.9 Å². The number of aryl methyl sites for hydroxylation is 2. The van der Waals surface area contributed by atoms with Gasteiger partial charge in [0, 0.05) is 18.5 Å². The molecule has 0 bridgehead atoms. The predicted molar refractivity (Wildman–Crippen MR) is 58.6 cm³/mol. The van der Waals surface area contributed by atoms with Gasteiger partial charge < -0.3 is 4.57 Å². The van der Waals surface area contributed by atoms with Crippen molar-refractivity contribution in [1.82, 2.24) is 4.57 Å². The second-order valence-corrected chi connectivity index (χ2v) is 3.43. The Labute approximate surface area is 82.8 Å². The van der Waals surface area contributed by atoms with Crippen LogP contribution in [-0.4, -0.2) is 4.57 Å². The summed E-state index contributed by atoms with van der Waals surface area (Å²) in [6.45, 7) is 2.12. The zero-order valence-corrected chi connectivity index (χ0v) is 8.45. The lowest BCUT2D eigenvalue weighted by Crippen LogP contribution is -2.15. The summed E-state index contributed by atoms with van der Waals surface area (Å²) in [6, 6.07) is 9.63. The molecule has 0 radical (unpaired) electrons. The number of nitrogens with zero attached hydrogens (tertiary/aromatic N) is 1. The molecule has 0 saturated heterocycles. The van der Waals surface area contributed by atoms with Crippen LogP contribution in [0.5, 0.6) is 0 Å². The van der Waals surface area contributed by atoms with Gasteiger partial charge in [-0.15, -0.1) is 0 Å². The second-order valence-electron chi connectivity index (χ2n) is 3.43. The van der Waals surface area contributed by atoms with Crippen molar-refractivity contribution in [2.75, 3.05) is 0 Å². The number of benzene rings is 1. The number of hydrogen-bond donors (Lipinski definition) is 0. The highest BCUT2D eigenvalue weighted by Gasteiger charge is 2.01. The number of fused-ring (bicyclic) bond motifs is 1. The first-order valence-electron chi connectivity index (χ1n) is 4.81. The first kappa shape index (κ1) is 9.00. The number of rotatable bonds is 1. The van der Waals surface area contributed by atoms with Crippen LogP contribution in [0.4, 0.5) is 0 Å². The van der Waals surface area contributed by atoms with E-state index in [1.807, 2.05) is 25.2 Å². The molecule has 0 N–H and O–H groups in total. The van der Waals surface area contributed by atoms with Gasteiger partial charge in [-0.2, -0.15) is 0 Å². The molecule has 0 aliphatic rings. The summed E-state index contributed by atoms with van der Waals surface area (Å²) in [6.07, 6.45) is 0.996. The van der Waals surface area contributed by atoms with E-state index in [1.165, 1.54) is 10.9 Å². The maximum Gasteiger partial charge on any atom is 0.250 e. The Hall–Kier alpha value is -1.57. The molecular formula is C12H13NO. The van der Waals surface area contributed by atoms with Crippen molar-refractivity contribution < 1.29 is 0 Å². The average molecular weight is 187 g/mol. The fraction of sp³-hybridized carbons (Fsp3) is 0.250. The SMILES string of the molecule is CCc1cccc2c1ccc(=O)n2C. The number of aromatic nitrogens is 1. The summed E-state index contributed by atoms with van der Waals surface area (Å²) >= 11 is 0. The molecule has 0 saturated carbocycles.